The molecular formula is C18H16N2O4. The number of imide groups is 1. The Balaban J connectivity index is 1.70. The lowest BCUT2D eigenvalue weighted by Gasteiger charge is -2.25. The quantitative estimate of drug-likeness (QED) is 0.837. The summed E-state index contributed by atoms with van der Waals surface area (Å²) in [6.07, 6.45) is -0.806. The van der Waals surface area contributed by atoms with E-state index in [2.05, 4.69) is 5.32 Å². The second-order valence-electron chi connectivity index (χ2n) is 6.00. The smallest absolute Gasteiger partial charge is 0.258 e. The highest BCUT2D eigenvalue weighted by Crippen LogP contribution is 2.43. The van der Waals surface area contributed by atoms with Gasteiger partial charge in [-0.1, -0.05) is 42.5 Å². The predicted octanol–water partition coefficient (Wildman–Crippen LogP) is 1.52. The van der Waals surface area contributed by atoms with Crippen LogP contribution < -0.4 is 5.32 Å². The molecule has 24 heavy (non-hydrogen) atoms. The van der Waals surface area contributed by atoms with Crippen LogP contribution in [0.5, 0.6) is 5.75 Å². The number of hydroxylamine groups is 2. The Morgan fingerprint density at radius 3 is 2.42 bits per heavy atom. The number of phenols is 1. The van der Waals surface area contributed by atoms with Gasteiger partial charge in [-0.15, -0.1) is 0 Å². The van der Waals surface area contributed by atoms with Gasteiger partial charge >= 0.3 is 0 Å². The molecule has 0 saturated carbocycles. The number of nitrogens with one attached hydrogen (secondary N) is 1. The van der Waals surface area contributed by atoms with Gasteiger partial charge in [0, 0.05) is 6.54 Å². The maximum absolute atomic E-state index is 12.2. The molecule has 3 unspecified atom stereocenters. The molecule has 2 amide bonds. The number of hydrogen-bond donors (Lipinski definition) is 2. The molecule has 2 aliphatic rings. The standard InChI is InChI=1S/C18H16N2O4/c21-13-8-6-12(7-9-13)15-14-16(18(23)19-17(14)22)24-20(15)10-11-4-2-1-3-5-11/h1-9,14-16,21H,10H2,(H,19,22,23). The van der Waals surface area contributed by atoms with E-state index in [4.69, 9.17) is 4.84 Å². The maximum Gasteiger partial charge on any atom is 0.258 e. The Morgan fingerprint density at radius 1 is 1.00 bits per heavy atom. The van der Waals surface area contributed by atoms with E-state index < -0.39 is 17.9 Å². The van der Waals surface area contributed by atoms with Gasteiger partial charge in [0.2, 0.25) is 5.91 Å². The minimum atomic E-state index is -0.806. The van der Waals surface area contributed by atoms with E-state index in [1.165, 1.54) is 0 Å². The number of carbonyl (C=O) groups excluding carboxylic acids is 2. The first-order chi connectivity index (χ1) is 11.6. The van der Waals surface area contributed by atoms with Crippen molar-refractivity contribution in [3.8, 4) is 5.75 Å². The molecule has 2 aromatic rings. The summed E-state index contributed by atoms with van der Waals surface area (Å²) in [5.41, 5.74) is 1.84. The Bertz CT molecular complexity index is 775. The molecule has 2 N–H and O–H groups in total. The molecule has 0 radical (unpaired) electrons. The number of hydrogen-bond acceptors (Lipinski definition) is 5. The van der Waals surface area contributed by atoms with Gasteiger partial charge in [0.05, 0.1) is 12.0 Å². The van der Waals surface area contributed by atoms with Gasteiger partial charge in [0.15, 0.2) is 6.10 Å². The van der Waals surface area contributed by atoms with Crippen LogP contribution in [0.1, 0.15) is 17.2 Å². The van der Waals surface area contributed by atoms with Crippen molar-refractivity contribution < 1.29 is 19.5 Å². The fourth-order valence-electron chi connectivity index (χ4n) is 3.33. The van der Waals surface area contributed by atoms with Crippen LogP contribution in [-0.2, 0) is 21.0 Å². The van der Waals surface area contributed by atoms with Crippen LogP contribution in [0.3, 0.4) is 0 Å². The first-order valence-electron chi connectivity index (χ1n) is 7.74. The molecular weight excluding hydrogens is 308 g/mol. The number of benzene rings is 2. The average Bonchev–Trinajstić information content (AvgIpc) is 3.08. The Morgan fingerprint density at radius 2 is 1.71 bits per heavy atom. The number of nitrogens with zero attached hydrogens (tertiary/aromatic N) is 1. The molecule has 0 bridgehead atoms. The first kappa shape index (κ1) is 14.9. The molecule has 6 heteroatoms. The first-order valence-corrected chi connectivity index (χ1v) is 7.74. The third kappa shape index (κ3) is 2.46. The van der Waals surface area contributed by atoms with Crippen LogP contribution in [0.25, 0.3) is 0 Å². The molecule has 2 aromatic carbocycles. The summed E-state index contributed by atoms with van der Waals surface area (Å²) in [6, 6.07) is 16.0. The summed E-state index contributed by atoms with van der Waals surface area (Å²) in [4.78, 5) is 30.0. The van der Waals surface area contributed by atoms with Crippen molar-refractivity contribution in [2.75, 3.05) is 0 Å². The van der Waals surface area contributed by atoms with Gasteiger partial charge in [-0.25, -0.2) is 0 Å². The topological polar surface area (TPSA) is 78.9 Å². The summed E-state index contributed by atoms with van der Waals surface area (Å²) in [6.45, 7) is 0.458. The van der Waals surface area contributed by atoms with Crippen molar-refractivity contribution in [1.29, 1.82) is 0 Å². The van der Waals surface area contributed by atoms with Crippen LogP contribution in [-0.4, -0.2) is 28.1 Å². The molecule has 2 saturated heterocycles. The Labute approximate surface area is 138 Å². The highest BCUT2D eigenvalue weighted by Gasteiger charge is 2.56. The van der Waals surface area contributed by atoms with Crippen molar-refractivity contribution in [3.63, 3.8) is 0 Å². The monoisotopic (exact) mass is 324 g/mol. The Hall–Kier alpha value is -2.70. The lowest BCUT2D eigenvalue weighted by molar-refractivity contribution is -0.178. The second-order valence-corrected chi connectivity index (χ2v) is 6.00. The van der Waals surface area contributed by atoms with Crippen LogP contribution >= 0.6 is 0 Å². The number of fused-ring (bicyclic) bond motifs is 1. The summed E-state index contributed by atoms with van der Waals surface area (Å²) in [5, 5.41) is 13.5. The molecule has 0 aromatic heterocycles. The molecule has 2 fully saturated rings. The lowest BCUT2D eigenvalue weighted by Crippen LogP contribution is -2.33. The van der Waals surface area contributed by atoms with Gasteiger partial charge in [-0.05, 0) is 23.3 Å². The molecule has 6 nitrogen and oxygen atoms in total. The number of rotatable bonds is 3. The SMILES string of the molecule is O=C1NC(=O)C2C1ON(Cc1ccccc1)C2c1ccc(O)cc1. The average molecular weight is 324 g/mol. The second kappa shape index (κ2) is 5.74. The third-order valence-electron chi connectivity index (χ3n) is 4.45. The Kier molecular flexibility index (Phi) is 3.55. The molecule has 0 spiro atoms. The predicted molar refractivity (Wildman–Crippen MR) is 84.3 cm³/mol. The van der Waals surface area contributed by atoms with Crippen LogP contribution in [0.15, 0.2) is 54.6 Å². The van der Waals surface area contributed by atoms with Gasteiger partial charge in [0.1, 0.15) is 5.75 Å². The number of aromatic hydroxyl groups is 1. The third-order valence-corrected chi connectivity index (χ3v) is 4.45. The molecule has 122 valence electrons. The van der Waals surface area contributed by atoms with Crippen molar-refractivity contribution >= 4 is 11.8 Å². The molecule has 2 aliphatic heterocycles. The van der Waals surface area contributed by atoms with Crippen molar-refractivity contribution in [1.82, 2.24) is 10.4 Å². The lowest BCUT2D eigenvalue weighted by atomic mass is 9.90. The zero-order valence-corrected chi connectivity index (χ0v) is 12.8. The fraction of sp³-hybridized carbons (Fsp3) is 0.222. The largest absolute Gasteiger partial charge is 0.508 e. The van der Waals surface area contributed by atoms with Crippen molar-refractivity contribution in [3.05, 3.63) is 65.7 Å². The summed E-state index contributed by atoms with van der Waals surface area (Å²) >= 11 is 0. The van der Waals surface area contributed by atoms with Gasteiger partial charge in [-0.2, -0.15) is 5.06 Å². The van der Waals surface area contributed by atoms with Gasteiger partial charge < -0.3 is 5.11 Å². The van der Waals surface area contributed by atoms with Crippen molar-refractivity contribution in [2.24, 2.45) is 5.92 Å². The molecule has 3 atom stereocenters. The van der Waals surface area contributed by atoms with Gasteiger partial charge in [-0.3, -0.25) is 19.7 Å². The summed E-state index contributed by atoms with van der Waals surface area (Å²) in [7, 11) is 0. The zero-order chi connectivity index (χ0) is 16.7. The van der Waals surface area contributed by atoms with Crippen molar-refractivity contribution in [2.45, 2.75) is 18.7 Å². The minimum absolute atomic E-state index is 0.149. The van der Waals surface area contributed by atoms with Crippen LogP contribution in [0.4, 0.5) is 0 Å². The van der Waals surface area contributed by atoms with E-state index in [1.807, 2.05) is 30.3 Å². The van der Waals surface area contributed by atoms with Crippen LogP contribution in [0.2, 0.25) is 0 Å². The molecule has 4 rings (SSSR count). The minimum Gasteiger partial charge on any atom is -0.508 e. The molecule has 0 aliphatic carbocycles. The van der Waals surface area contributed by atoms with Gasteiger partial charge in [0.25, 0.3) is 5.91 Å². The van der Waals surface area contributed by atoms with E-state index in [0.29, 0.717) is 6.54 Å². The summed E-state index contributed by atoms with van der Waals surface area (Å²) in [5.74, 6) is -1.16. The van der Waals surface area contributed by atoms with E-state index >= 15 is 0 Å². The normalized spacial score (nSPS) is 26.4. The molecule has 2 heterocycles. The number of phenolic OH excluding ortho intramolecular Hbond substituents is 1. The fourth-order valence-corrected chi connectivity index (χ4v) is 3.33. The highest BCUT2D eigenvalue weighted by molar-refractivity contribution is 6.07. The van der Waals surface area contributed by atoms with E-state index in [0.717, 1.165) is 11.1 Å². The van der Waals surface area contributed by atoms with E-state index in [1.54, 1.807) is 29.3 Å². The highest BCUT2D eigenvalue weighted by atomic mass is 16.7. The van der Waals surface area contributed by atoms with Crippen LogP contribution in [0, 0.1) is 5.92 Å². The number of carbonyl (C=O) groups is 2. The zero-order valence-electron chi connectivity index (χ0n) is 12.8. The maximum atomic E-state index is 12.2. The number of amides is 2. The summed E-state index contributed by atoms with van der Waals surface area (Å²) < 4.78 is 0. The van der Waals surface area contributed by atoms with E-state index in [-0.39, 0.29) is 17.7 Å². The van der Waals surface area contributed by atoms with E-state index in [9.17, 15) is 14.7 Å².